The highest BCUT2D eigenvalue weighted by Gasteiger charge is 2.11. The van der Waals surface area contributed by atoms with Crippen LogP contribution < -0.4 is 4.74 Å². The summed E-state index contributed by atoms with van der Waals surface area (Å²) in [6.07, 6.45) is 0. The van der Waals surface area contributed by atoms with Crippen molar-refractivity contribution in [2.75, 3.05) is 6.61 Å². The van der Waals surface area contributed by atoms with Gasteiger partial charge in [-0.1, -0.05) is 5.11 Å². The van der Waals surface area contributed by atoms with Gasteiger partial charge < -0.3 is 4.74 Å². The highest BCUT2D eigenvalue weighted by molar-refractivity contribution is 5.43. The molecule has 0 spiro atoms. The van der Waals surface area contributed by atoms with Gasteiger partial charge in [0.1, 0.15) is 0 Å². The SMILES string of the molecule is CCOc1c(F)cc(N=[N+]=[N-])cc1F. The molecule has 0 saturated heterocycles. The molecule has 0 radical (unpaired) electrons. The predicted octanol–water partition coefficient (Wildman–Crippen LogP) is 3.31. The molecule has 0 amide bonds. The largest absolute Gasteiger partial charge is 0.488 e. The van der Waals surface area contributed by atoms with E-state index in [9.17, 15) is 8.78 Å². The van der Waals surface area contributed by atoms with Gasteiger partial charge >= 0.3 is 0 Å². The minimum Gasteiger partial charge on any atom is -0.488 e. The molecule has 0 saturated carbocycles. The Bertz CT molecular complexity index is 365. The van der Waals surface area contributed by atoms with Crippen LogP contribution in [-0.2, 0) is 0 Å². The van der Waals surface area contributed by atoms with Crippen molar-refractivity contribution < 1.29 is 13.5 Å². The zero-order valence-corrected chi connectivity index (χ0v) is 7.37. The maximum absolute atomic E-state index is 13.1. The summed E-state index contributed by atoms with van der Waals surface area (Å²) in [5, 5.41) is 3.07. The zero-order valence-electron chi connectivity index (χ0n) is 7.37. The Labute approximate surface area is 78.7 Å². The van der Waals surface area contributed by atoms with E-state index in [2.05, 4.69) is 10.0 Å². The van der Waals surface area contributed by atoms with E-state index in [4.69, 9.17) is 10.3 Å². The molecule has 0 N–H and O–H groups in total. The monoisotopic (exact) mass is 199 g/mol. The van der Waals surface area contributed by atoms with Gasteiger partial charge in [0.25, 0.3) is 0 Å². The van der Waals surface area contributed by atoms with Crippen LogP contribution in [0.2, 0.25) is 0 Å². The van der Waals surface area contributed by atoms with Gasteiger partial charge in [-0.3, -0.25) is 0 Å². The standard InChI is InChI=1S/C8H7F2N3O/c1-2-14-8-6(9)3-5(12-13-11)4-7(8)10/h3-4H,2H2,1H3. The molecule has 14 heavy (non-hydrogen) atoms. The number of halogens is 2. The van der Waals surface area contributed by atoms with Crippen LogP contribution in [0.4, 0.5) is 14.5 Å². The summed E-state index contributed by atoms with van der Waals surface area (Å²) in [6.45, 7) is 1.77. The van der Waals surface area contributed by atoms with Crippen LogP contribution in [-0.4, -0.2) is 6.61 Å². The van der Waals surface area contributed by atoms with Crippen LogP contribution in [0.15, 0.2) is 17.2 Å². The maximum atomic E-state index is 13.1. The number of ether oxygens (including phenoxy) is 1. The number of benzene rings is 1. The van der Waals surface area contributed by atoms with Crippen LogP contribution in [0.25, 0.3) is 10.4 Å². The van der Waals surface area contributed by atoms with Gasteiger partial charge in [-0.25, -0.2) is 8.78 Å². The van der Waals surface area contributed by atoms with Crippen molar-refractivity contribution in [2.24, 2.45) is 5.11 Å². The van der Waals surface area contributed by atoms with Crippen LogP contribution in [0.5, 0.6) is 5.75 Å². The Kier molecular flexibility index (Phi) is 3.25. The van der Waals surface area contributed by atoms with E-state index in [-0.39, 0.29) is 12.3 Å². The van der Waals surface area contributed by atoms with E-state index in [1.54, 1.807) is 6.92 Å². The first-order valence-electron chi connectivity index (χ1n) is 3.86. The fourth-order valence-electron chi connectivity index (χ4n) is 0.938. The van der Waals surface area contributed by atoms with E-state index >= 15 is 0 Å². The van der Waals surface area contributed by atoms with Crippen LogP contribution in [0, 0.1) is 11.6 Å². The van der Waals surface area contributed by atoms with Crippen LogP contribution in [0.1, 0.15) is 6.92 Å². The lowest BCUT2D eigenvalue weighted by molar-refractivity contribution is 0.303. The summed E-state index contributed by atoms with van der Waals surface area (Å²) in [4.78, 5) is 2.41. The molecule has 0 heterocycles. The molecule has 0 aromatic heterocycles. The van der Waals surface area contributed by atoms with Gasteiger partial charge in [-0.15, -0.1) is 0 Å². The first-order valence-corrected chi connectivity index (χ1v) is 3.86. The van der Waals surface area contributed by atoms with Crippen molar-refractivity contribution in [1.29, 1.82) is 0 Å². The Morgan fingerprint density at radius 2 is 2.00 bits per heavy atom. The normalized spacial score (nSPS) is 9.36. The Morgan fingerprint density at radius 1 is 1.43 bits per heavy atom. The van der Waals surface area contributed by atoms with Crippen molar-refractivity contribution in [3.05, 3.63) is 34.2 Å². The second-order valence-electron chi connectivity index (χ2n) is 2.36. The summed E-state index contributed by atoms with van der Waals surface area (Å²) in [5.41, 5.74) is 7.94. The molecule has 6 heteroatoms. The molecule has 0 aliphatic heterocycles. The van der Waals surface area contributed by atoms with E-state index in [0.29, 0.717) is 0 Å². The van der Waals surface area contributed by atoms with Crippen molar-refractivity contribution in [3.8, 4) is 5.75 Å². The van der Waals surface area contributed by atoms with Crippen LogP contribution >= 0.6 is 0 Å². The molecule has 0 aliphatic rings. The summed E-state index contributed by atoms with van der Waals surface area (Å²) in [5.74, 6) is -2.21. The van der Waals surface area contributed by atoms with Gasteiger partial charge in [0.15, 0.2) is 17.4 Å². The van der Waals surface area contributed by atoms with Crippen molar-refractivity contribution in [2.45, 2.75) is 6.92 Å². The Balaban J connectivity index is 3.17. The van der Waals surface area contributed by atoms with E-state index in [1.807, 2.05) is 0 Å². The van der Waals surface area contributed by atoms with Gasteiger partial charge in [-0.05, 0) is 24.6 Å². The zero-order chi connectivity index (χ0) is 10.6. The average molecular weight is 199 g/mol. The number of hydrogen-bond donors (Lipinski definition) is 0. The summed E-state index contributed by atoms with van der Waals surface area (Å²) < 4.78 is 30.9. The molecule has 1 aromatic rings. The minimum absolute atomic E-state index is 0.119. The third-order valence-corrected chi connectivity index (χ3v) is 1.43. The summed E-state index contributed by atoms with van der Waals surface area (Å²) >= 11 is 0. The smallest absolute Gasteiger partial charge is 0.190 e. The molecule has 0 aliphatic carbocycles. The van der Waals surface area contributed by atoms with E-state index in [0.717, 1.165) is 12.1 Å². The third kappa shape index (κ3) is 2.11. The van der Waals surface area contributed by atoms with Crippen molar-refractivity contribution >= 4 is 5.69 Å². The number of azide groups is 1. The number of hydrogen-bond acceptors (Lipinski definition) is 2. The predicted molar refractivity (Wildman–Crippen MR) is 46.3 cm³/mol. The molecule has 1 aromatic carbocycles. The first kappa shape index (κ1) is 10.3. The number of nitrogens with zero attached hydrogens (tertiary/aromatic N) is 3. The molecule has 74 valence electrons. The molecular weight excluding hydrogens is 192 g/mol. The second kappa shape index (κ2) is 4.43. The van der Waals surface area contributed by atoms with Crippen molar-refractivity contribution in [1.82, 2.24) is 0 Å². The topological polar surface area (TPSA) is 58.0 Å². The Hall–Kier alpha value is -1.81. The molecule has 0 unspecified atom stereocenters. The minimum atomic E-state index is -0.880. The van der Waals surface area contributed by atoms with Gasteiger partial charge in [0, 0.05) is 10.6 Å². The van der Waals surface area contributed by atoms with E-state index in [1.165, 1.54) is 0 Å². The molecule has 0 atom stereocenters. The second-order valence-corrected chi connectivity index (χ2v) is 2.36. The fraction of sp³-hybridized carbons (Fsp3) is 0.250. The Morgan fingerprint density at radius 3 is 2.43 bits per heavy atom. The maximum Gasteiger partial charge on any atom is 0.190 e. The molecule has 0 bridgehead atoms. The van der Waals surface area contributed by atoms with Crippen LogP contribution in [0.3, 0.4) is 0 Å². The number of rotatable bonds is 3. The van der Waals surface area contributed by atoms with E-state index < -0.39 is 17.4 Å². The van der Waals surface area contributed by atoms with Gasteiger partial charge in [0.2, 0.25) is 0 Å². The van der Waals surface area contributed by atoms with Gasteiger partial charge in [0.05, 0.1) is 6.61 Å². The summed E-state index contributed by atoms with van der Waals surface area (Å²) in [6, 6.07) is 1.82. The molecule has 0 fully saturated rings. The lowest BCUT2D eigenvalue weighted by Gasteiger charge is -2.05. The quantitative estimate of drug-likeness (QED) is 0.418. The van der Waals surface area contributed by atoms with Crippen molar-refractivity contribution in [3.63, 3.8) is 0 Å². The third-order valence-electron chi connectivity index (χ3n) is 1.43. The molecule has 4 nitrogen and oxygen atoms in total. The van der Waals surface area contributed by atoms with Gasteiger partial charge in [-0.2, -0.15) is 0 Å². The highest BCUT2D eigenvalue weighted by Crippen LogP contribution is 2.27. The average Bonchev–Trinajstić information content (AvgIpc) is 2.12. The fourth-order valence-corrected chi connectivity index (χ4v) is 0.938. The summed E-state index contributed by atoms with van der Waals surface area (Å²) in [7, 11) is 0. The molecular formula is C8H7F2N3O. The lowest BCUT2D eigenvalue weighted by Crippen LogP contribution is -1.97. The lowest BCUT2D eigenvalue weighted by atomic mass is 10.3. The molecule has 1 rings (SSSR count). The highest BCUT2D eigenvalue weighted by atomic mass is 19.1. The first-order chi connectivity index (χ1) is 6.69.